The van der Waals surface area contributed by atoms with Crippen molar-refractivity contribution in [1.82, 2.24) is 24.5 Å². The molecule has 1 unspecified atom stereocenters. The molecule has 0 amide bonds. The van der Waals surface area contributed by atoms with Gasteiger partial charge in [-0.3, -0.25) is 0 Å². The monoisotopic (exact) mass is 354 g/mol. The molecule has 0 aromatic carbocycles. The summed E-state index contributed by atoms with van der Waals surface area (Å²) in [5.41, 5.74) is 0.631. The maximum Gasteiger partial charge on any atom is 0.211 e. The van der Waals surface area contributed by atoms with E-state index in [0.717, 1.165) is 19.4 Å². The minimum atomic E-state index is -3.21. The number of anilines is 1. The predicted octanol–water partition coefficient (Wildman–Crippen LogP) is 0.197. The van der Waals surface area contributed by atoms with Crippen LogP contribution in [-0.2, 0) is 21.2 Å². The van der Waals surface area contributed by atoms with Crippen molar-refractivity contribution in [3.05, 3.63) is 18.0 Å². The van der Waals surface area contributed by atoms with E-state index in [1.54, 1.807) is 11.4 Å². The van der Waals surface area contributed by atoms with Crippen molar-refractivity contribution >= 4 is 21.5 Å². The second-order valence-corrected chi connectivity index (χ2v) is 7.76. The molecule has 0 bridgehead atoms. The third-order valence-electron chi connectivity index (χ3n) is 3.91. The third-order valence-corrected chi connectivity index (χ3v) is 5.32. The summed E-state index contributed by atoms with van der Waals surface area (Å²) in [5, 5.41) is 15.9. The molecule has 2 aromatic rings. The van der Waals surface area contributed by atoms with E-state index in [0.29, 0.717) is 30.3 Å². The van der Waals surface area contributed by atoms with E-state index < -0.39 is 10.0 Å². The van der Waals surface area contributed by atoms with Crippen LogP contribution in [0.4, 0.5) is 5.82 Å². The second kappa shape index (κ2) is 7.41. The van der Waals surface area contributed by atoms with Crippen LogP contribution in [0.2, 0.25) is 0 Å². The van der Waals surface area contributed by atoms with Gasteiger partial charge in [-0.1, -0.05) is 0 Å². The van der Waals surface area contributed by atoms with Crippen molar-refractivity contribution in [1.29, 1.82) is 0 Å². The summed E-state index contributed by atoms with van der Waals surface area (Å²) in [6.45, 7) is 3.41. The van der Waals surface area contributed by atoms with Gasteiger partial charge in [-0.15, -0.1) is 15.3 Å². The van der Waals surface area contributed by atoms with E-state index in [9.17, 15) is 8.42 Å². The van der Waals surface area contributed by atoms with Crippen LogP contribution in [-0.4, -0.2) is 59.8 Å². The van der Waals surface area contributed by atoms with Crippen molar-refractivity contribution in [2.24, 2.45) is 0 Å². The van der Waals surface area contributed by atoms with Crippen LogP contribution in [0.3, 0.4) is 0 Å². The average Bonchev–Trinajstić information content (AvgIpc) is 3.22. The van der Waals surface area contributed by atoms with Crippen LogP contribution < -0.4 is 10.0 Å². The highest BCUT2D eigenvalue weighted by Gasteiger charge is 2.15. The first-order valence-electron chi connectivity index (χ1n) is 8.11. The van der Waals surface area contributed by atoms with Crippen molar-refractivity contribution in [2.75, 3.05) is 30.8 Å². The highest BCUT2D eigenvalue weighted by atomic mass is 32.2. The van der Waals surface area contributed by atoms with Gasteiger partial charge in [-0.25, -0.2) is 13.1 Å². The molecule has 1 atom stereocenters. The first kappa shape index (κ1) is 17.1. The molecule has 0 radical (unpaired) electrons. The molecule has 0 spiro atoms. The third kappa shape index (κ3) is 4.19. The number of nitrogens with one attached hydrogen (secondary N) is 2. The summed E-state index contributed by atoms with van der Waals surface area (Å²) in [5.74, 6) is 1.39. The summed E-state index contributed by atoms with van der Waals surface area (Å²) < 4.78 is 32.7. The minimum Gasteiger partial charge on any atom is -0.376 e. The molecule has 0 saturated carbocycles. The first-order valence-corrected chi connectivity index (χ1v) is 9.77. The number of nitrogens with zero attached hydrogens (tertiary/aromatic N) is 4. The SMILES string of the molecule is CCS(=O)(=O)NCCc1nnc2ccc(NCC3CCCO3)nn12. The maximum atomic E-state index is 11.5. The molecule has 1 aliphatic rings. The molecule has 9 nitrogen and oxygen atoms in total. The van der Waals surface area contributed by atoms with Crippen LogP contribution in [0, 0.1) is 0 Å². The predicted molar refractivity (Wildman–Crippen MR) is 89.4 cm³/mol. The Morgan fingerprint density at radius 1 is 1.38 bits per heavy atom. The molecule has 2 N–H and O–H groups in total. The van der Waals surface area contributed by atoms with Gasteiger partial charge in [0.25, 0.3) is 0 Å². The van der Waals surface area contributed by atoms with E-state index in [2.05, 4.69) is 25.3 Å². The Hall–Kier alpha value is -1.78. The number of aromatic nitrogens is 4. The Bertz CT molecular complexity index is 785. The Labute approximate surface area is 140 Å². The lowest BCUT2D eigenvalue weighted by molar-refractivity contribution is 0.120. The summed E-state index contributed by atoms with van der Waals surface area (Å²) in [6.07, 6.45) is 2.81. The van der Waals surface area contributed by atoms with Gasteiger partial charge in [0.15, 0.2) is 11.5 Å². The van der Waals surface area contributed by atoms with Crippen LogP contribution >= 0.6 is 0 Å². The summed E-state index contributed by atoms with van der Waals surface area (Å²) in [6, 6.07) is 3.68. The van der Waals surface area contributed by atoms with Crippen LogP contribution in [0.1, 0.15) is 25.6 Å². The van der Waals surface area contributed by atoms with E-state index in [1.165, 1.54) is 0 Å². The van der Waals surface area contributed by atoms with Gasteiger partial charge in [0.2, 0.25) is 10.0 Å². The molecule has 0 aliphatic carbocycles. The highest BCUT2D eigenvalue weighted by molar-refractivity contribution is 7.89. The molecule has 24 heavy (non-hydrogen) atoms. The fourth-order valence-corrected chi connectivity index (χ4v) is 3.14. The fraction of sp³-hybridized carbons (Fsp3) is 0.643. The van der Waals surface area contributed by atoms with Gasteiger partial charge in [0.05, 0.1) is 11.9 Å². The molecule has 10 heteroatoms. The van der Waals surface area contributed by atoms with Gasteiger partial charge in [0.1, 0.15) is 5.82 Å². The van der Waals surface area contributed by atoms with E-state index >= 15 is 0 Å². The Morgan fingerprint density at radius 2 is 2.25 bits per heavy atom. The molecular formula is C14H22N6O3S. The Balaban J connectivity index is 1.64. The largest absolute Gasteiger partial charge is 0.376 e. The lowest BCUT2D eigenvalue weighted by Gasteiger charge is -2.11. The zero-order chi connectivity index (χ0) is 17.0. The molecule has 3 heterocycles. The topological polar surface area (TPSA) is 111 Å². The summed E-state index contributed by atoms with van der Waals surface area (Å²) >= 11 is 0. The van der Waals surface area contributed by atoms with Crippen LogP contribution in [0.5, 0.6) is 0 Å². The van der Waals surface area contributed by atoms with Gasteiger partial charge in [-0.2, -0.15) is 4.52 Å². The number of hydrogen-bond donors (Lipinski definition) is 2. The highest BCUT2D eigenvalue weighted by Crippen LogP contribution is 2.13. The Morgan fingerprint density at radius 3 is 3.00 bits per heavy atom. The molecule has 1 fully saturated rings. The fourth-order valence-electron chi connectivity index (χ4n) is 2.53. The van der Waals surface area contributed by atoms with Gasteiger partial charge in [0, 0.05) is 26.1 Å². The van der Waals surface area contributed by atoms with Crippen molar-refractivity contribution in [2.45, 2.75) is 32.3 Å². The lowest BCUT2D eigenvalue weighted by atomic mass is 10.2. The quantitative estimate of drug-likeness (QED) is 0.696. The van der Waals surface area contributed by atoms with Gasteiger partial charge in [-0.05, 0) is 31.9 Å². The van der Waals surface area contributed by atoms with Crippen LogP contribution in [0.25, 0.3) is 5.65 Å². The van der Waals surface area contributed by atoms with Crippen molar-refractivity contribution < 1.29 is 13.2 Å². The standard InChI is InChI=1S/C14H22N6O3S/c1-2-24(21,22)16-8-7-14-18-17-13-6-5-12(19-20(13)14)15-10-11-4-3-9-23-11/h5-6,11,16H,2-4,7-10H2,1H3,(H,15,19). The second-order valence-electron chi connectivity index (χ2n) is 5.67. The van der Waals surface area contributed by atoms with Gasteiger partial charge >= 0.3 is 0 Å². The summed E-state index contributed by atoms with van der Waals surface area (Å²) in [7, 11) is -3.21. The van der Waals surface area contributed by atoms with Crippen LogP contribution in [0.15, 0.2) is 12.1 Å². The molecule has 2 aromatic heterocycles. The molecule has 3 rings (SSSR count). The van der Waals surface area contributed by atoms with Gasteiger partial charge < -0.3 is 10.1 Å². The smallest absolute Gasteiger partial charge is 0.211 e. The van der Waals surface area contributed by atoms with E-state index in [-0.39, 0.29) is 18.4 Å². The number of fused-ring (bicyclic) bond motifs is 1. The molecular weight excluding hydrogens is 332 g/mol. The van der Waals surface area contributed by atoms with Crippen molar-refractivity contribution in [3.8, 4) is 0 Å². The van der Waals surface area contributed by atoms with E-state index in [1.807, 2.05) is 12.1 Å². The zero-order valence-electron chi connectivity index (χ0n) is 13.6. The number of sulfonamides is 1. The molecule has 1 saturated heterocycles. The first-order chi connectivity index (χ1) is 11.6. The number of hydrogen-bond acceptors (Lipinski definition) is 7. The lowest BCUT2D eigenvalue weighted by Crippen LogP contribution is -2.27. The van der Waals surface area contributed by atoms with E-state index in [4.69, 9.17) is 4.74 Å². The zero-order valence-corrected chi connectivity index (χ0v) is 14.4. The molecule has 1 aliphatic heterocycles. The summed E-state index contributed by atoms with van der Waals surface area (Å²) in [4.78, 5) is 0. The molecule has 132 valence electrons. The Kier molecular flexibility index (Phi) is 5.27. The average molecular weight is 354 g/mol. The number of rotatable bonds is 8. The minimum absolute atomic E-state index is 0.0587. The number of ether oxygens (including phenoxy) is 1. The normalized spacial score (nSPS) is 18.3. The van der Waals surface area contributed by atoms with Crippen molar-refractivity contribution in [3.63, 3.8) is 0 Å². The maximum absolute atomic E-state index is 11.5.